The van der Waals surface area contributed by atoms with Crippen LogP contribution in [-0.2, 0) is 0 Å². The highest BCUT2D eigenvalue weighted by atomic mass is 15.1. The number of nitrogens with zero attached hydrogens (tertiary/aromatic N) is 6. The summed E-state index contributed by atoms with van der Waals surface area (Å²) in [7, 11) is 0. The molecule has 0 aliphatic heterocycles. The molecule has 4 aromatic carbocycles. The molecule has 6 aromatic heterocycles. The minimum atomic E-state index is 0.775. The van der Waals surface area contributed by atoms with Gasteiger partial charge < -0.3 is 4.57 Å². The van der Waals surface area contributed by atoms with Crippen molar-refractivity contribution in [2.24, 2.45) is 0 Å². The molecule has 50 heavy (non-hydrogen) atoms. The molecule has 10 aromatic rings. The quantitative estimate of drug-likeness (QED) is 0.188. The predicted octanol–water partition coefficient (Wildman–Crippen LogP) is 10.5. The topological polar surface area (TPSA) is 61.4 Å². The van der Waals surface area contributed by atoms with Crippen molar-refractivity contribution < 1.29 is 0 Å². The predicted molar refractivity (Wildman–Crippen MR) is 203 cm³/mol. The molecule has 0 radical (unpaired) electrons. The Labute approximate surface area is 287 Å². The summed E-state index contributed by atoms with van der Waals surface area (Å²) in [5.41, 5.74) is 12.1. The van der Waals surface area contributed by atoms with Crippen molar-refractivity contribution in [3.8, 4) is 45.3 Å². The smallest absolute Gasteiger partial charge is 0.139 e. The average molecular weight is 641 g/mol. The second kappa shape index (κ2) is 11.4. The standard InChI is InChI=1S/C44H28N6/c1-2-12-31(13-3-1)49-38-18-5-4-14-33(38)43-32(15-10-19-39(43)49)29-21-22-34-41(27-29)50(40-20-11-25-47-44(34)40)42-28-30(35-16-6-8-23-45-35)26-37(48-42)36-17-7-9-24-46-36/h1-28H. The number of pyridine rings is 4. The Bertz CT molecular complexity index is 2800. The van der Waals surface area contributed by atoms with E-state index in [0.29, 0.717) is 0 Å². The summed E-state index contributed by atoms with van der Waals surface area (Å²) in [6.07, 6.45) is 5.48. The van der Waals surface area contributed by atoms with Gasteiger partial charge in [-0.05, 0) is 96.1 Å². The van der Waals surface area contributed by atoms with Gasteiger partial charge in [-0.1, -0.05) is 66.7 Å². The minimum Gasteiger partial charge on any atom is -0.309 e. The Morgan fingerprint density at radius 3 is 1.98 bits per heavy atom. The summed E-state index contributed by atoms with van der Waals surface area (Å²) in [5, 5.41) is 3.50. The first-order chi connectivity index (χ1) is 24.8. The summed E-state index contributed by atoms with van der Waals surface area (Å²) < 4.78 is 4.59. The lowest BCUT2D eigenvalue weighted by Crippen LogP contribution is -2.01. The highest BCUT2D eigenvalue weighted by Gasteiger charge is 2.20. The SMILES string of the molecule is c1ccc(-n2c3ccccc3c3c(-c4ccc5c6ncccc6n(-c6cc(-c7ccccn7)cc(-c7ccccn7)n6)c5c4)cccc32)cc1. The molecule has 0 spiro atoms. The zero-order valence-corrected chi connectivity index (χ0v) is 26.8. The average Bonchev–Trinajstić information content (AvgIpc) is 3.71. The molecule has 0 saturated heterocycles. The van der Waals surface area contributed by atoms with E-state index in [4.69, 9.17) is 15.0 Å². The summed E-state index contributed by atoms with van der Waals surface area (Å²) in [6.45, 7) is 0. The molecule has 0 aliphatic carbocycles. The van der Waals surface area contributed by atoms with Crippen molar-refractivity contribution >= 4 is 43.7 Å². The Balaban J connectivity index is 1.25. The lowest BCUT2D eigenvalue weighted by molar-refractivity contribution is 1.07. The highest BCUT2D eigenvalue weighted by Crippen LogP contribution is 2.41. The Kier molecular flexibility index (Phi) is 6.39. The normalized spacial score (nSPS) is 11.6. The minimum absolute atomic E-state index is 0.775. The highest BCUT2D eigenvalue weighted by molar-refractivity contribution is 6.17. The zero-order valence-electron chi connectivity index (χ0n) is 26.8. The number of aromatic nitrogens is 6. The lowest BCUT2D eigenvalue weighted by Gasteiger charge is -2.13. The van der Waals surface area contributed by atoms with E-state index in [9.17, 15) is 0 Å². The van der Waals surface area contributed by atoms with Gasteiger partial charge in [0.2, 0.25) is 0 Å². The molecular formula is C44H28N6. The monoisotopic (exact) mass is 640 g/mol. The van der Waals surface area contributed by atoms with E-state index in [0.717, 1.165) is 61.7 Å². The Morgan fingerprint density at radius 2 is 1.14 bits per heavy atom. The number of fused-ring (bicyclic) bond motifs is 6. The van der Waals surface area contributed by atoms with Gasteiger partial charge >= 0.3 is 0 Å². The van der Waals surface area contributed by atoms with E-state index in [1.54, 1.807) is 6.20 Å². The summed E-state index contributed by atoms with van der Waals surface area (Å²) in [6, 6.07) is 52.7. The first-order valence-electron chi connectivity index (χ1n) is 16.6. The van der Waals surface area contributed by atoms with Crippen LogP contribution in [0.2, 0.25) is 0 Å². The van der Waals surface area contributed by atoms with Crippen molar-refractivity contribution in [1.29, 1.82) is 0 Å². The third-order valence-electron chi connectivity index (χ3n) is 9.47. The second-order valence-corrected chi connectivity index (χ2v) is 12.4. The molecule has 234 valence electrons. The van der Waals surface area contributed by atoms with Crippen LogP contribution >= 0.6 is 0 Å². The molecular weight excluding hydrogens is 613 g/mol. The van der Waals surface area contributed by atoms with E-state index in [2.05, 4.69) is 123 Å². The fourth-order valence-corrected chi connectivity index (χ4v) is 7.32. The summed E-state index contributed by atoms with van der Waals surface area (Å²) >= 11 is 0. The van der Waals surface area contributed by atoms with Crippen molar-refractivity contribution in [2.45, 2.75) is 0 Å². The first-order valence-corrected chi connectivity index (χ1v) is 16.6. The van der Waals surface area contributed by atoms with E-state index >= 15 is 0 Å². The summed E-state index contributed by atoms with van der Waals surface area (Å²) in [4.78, 5) is 19.5. The lowest BCUT2D eigenvalue weighted by atomic mass is 9.98. The molecule has 6 heteroatoms. The van der Waals surface area contributed by atoms with Crippen molar-refractivity contribution in [2.75, 3.05) is 0 Å². The van der Waals surface area contributed by atoms with Crippen LogP contribution < -0.4 is 0 Å². The maximum Gasteiger partial charge on any atom is 0.139 e. The molecule has 0 aliphatic rings. The van der Waals surface area contributed by atoms with Gasteiger partial charge in [0.25, 0.3) is 0 Å². The van der Waals surface area contributed by atoms with Crippen LogP contribution in [0, 0.1) is 0 Å². The van der Waals surface area contributed by atoms with E-state index in [-0.39, 0.29) is 0 Å². The molecule has 6 nitrogen and oxygen atoms in total. The number of hydrogen-bond donors (Lipinski definition) is 0. The van der Waals surface area contributed by atoms with Crippen LogP contribution in [0.5, 0.6) is 0 Å². The first kappa shape index (κ1) is 28.1. The van der Waals surface area contributed by atoms with Crippen LogP contribution in [0.3, 0.4) is 0 Å². The molecule has 0 atom stereocenters. The molecule has 0 bridgehead atoms. The van der Waals surface area contributed by atoms with Crippen LogP contribution in [0.1, 0.15) is 0 Å². The number of hydrogen-bond acceptors (Lipinski definition) is 4. The molecule has 0 fully saturated rings. The second-order valence-electron chi connectivity index (χ2n) is 12.4. The van der Waals surface area contributed by atoms with E-state index in [1.165, 1.54) is 27.4 Å². The maximum absolute atomic E-state index is 5.24. The maximum atomic E-state index is 5.24. The zero-order chi connectivity index (χ0) is 33.0. The third-order valence-corrected chi connectivity index (χ3v) is 9.47. The van der Waals surface area contributed by atoms with E-state index < -0.39 is 0 Å². The number of para-hydroxylation sites is 2. The molecule has 0 unspecified atom stereocenters. The van der Waals surface area contributed by atoms with Crippen molar-refractivity contribution in [3.63, 3.8) is 0 Å². The van der Waals surface area contributed by atoms with Gasteiger partial charge in [-0.15, -0.1) is 0 Å². The van der Waals surface area contributed by atoms with Crippen molar-refractivity contribution in [3.05, 3.63) is 170 Å². The molecule has 0 saturated carbocycles. The van der Waals surface area contributed by atoms with Gasteiger partial charge in [-0.2, -0.15) is 0 Å². The van der Waals surface area contributed by atoms with Gasteiger partial charge in [-0.3, -0.25) is 19.5 Å². The van der Waals surface area contributed by atoms with Crippen LogP contribution in [0.15, 0.2) is 170 Å². The van der Waals surface area contributed by atoms with Gasteiger partial charge in [0.1, 0.15) is 5.82 Å². The fourth-order valence-electron chi connectivity index (χ4n) is 7.32. The molecule has 10 rings (SSSR count). The Hall–Kier alpha value is -6.92. The van der Waals surface area contributed by atoms with Gasteiger partial charge in [0.15, 0.2) is 0 Å². The van der Waals surface area contributed by atoms with Crippen LogP contribution in [0.4, 0.5) is 0 Å². The third kappa shape index (κ3) is 4.43. The fraction of sp³-hybridized carbons (Fsp3) is 0. The van der Waals surface area contributed by atoms with Crippen LogP contribution in [-0.4, -0.2) is 29.1 Å². The van der Waals surface area contributed by atoms with E-state index in [1.807, 2.05) is 54.9 Å². The molecule has 0 N–H and O–H groups in total. The van der Waals surface area contributed by atoms with Crippen molar-refractivity contribution in [1.82, 2.24) is 29.1 Å². The van der Waals surface area contributed by atoms with Gasteiger partial charge in [0, 0.05) is 46.0 Å². The summed E-state index contributed by atoms with van der Waals surface area (Å²) in [5.74, 6) is 0.776. The largest absolute Gasteiger partial charge is 0.309 e. The molecule has 0 amide bonds. The number of benzene rings is 4. The van der Waals surface area contributed by atoms with Gasteiger partial charge in [0.05, 0.1) is 44.7 Å². The number of rotatable bonds is 5. The van der Waals surface area contributed by atoms with Gasteiger partial charge in [-0.25, -0.2) is 4.98 Å². The van der Waals surface area contributed by atoms with Crippen LogP contribution in [0.25, 0.3) is 89.0 Å². The molecule has 6 heterocycles. The Morgan fingerprint density at radius 1 is 0.400 bits per heavy atom.